The monoisotopic (exact) mass is 386 g/mol. The summed E-state index contributed by atoms with van der Waals surface area (Å²) in [5.41, 5.74) is 2.78. The van der Waals surface area contributed by atoms with E-state index in [1.807, 2.05) is 44.2 Å². The standard InChI is InChI=1S/C19H22N4O3S/c1-11-8-15-17(20-11)18(25)23(3)19(22-15)27-10-16(24)21-12(2)13-6-5-7-14(9-13)26-4/h5-9,12,20H,10H2,1-4H3,(H,21,24)/t12-/m0/s1. The molecule has 0 saturated carbocycles. The summed E-state index contributed by atoms with van der Waals surface area (Å²) in [5, 5.41) is 3.47. The minimum atomic E-state index is -0.153. The molecule has 2 heterocycles. The predicted molar refractivity (Wildman–Crippen MR) is 106 cm³/mol. The van der Waals surface area contributed by atoms with Crippen LogP contribution in [-0.2, 0) is 11.8 Å². The van der Waals surface area contributed by atoms with Gasteiger partial charge in [-0.05, 0) is 37.6 Å². The van der Waals surface area contributed by atoms with E-state index in [-0.39, 0.29) is 23.3 Å². The van der Waals surface area contributed by atoms with Gasteiger partial charge < -0.3 is 15.0 Å². The van der Waals surface area contributed by atoms with Gasteiger partial charge in [-0.2, -0.15) is 0 Å². The number of thioether (sulfide) groups is 1. The number of benzene rings is 1. The Hall–Kier alpha value is -2.74. The molecule has 0 spiro atoms. The van der Waals surface area contributed by atoms with Gasteiger partial charge in [0, 0.05) is 12.7 Å². The minimum absolute atomic E-state index is 0.130. The number of amides is 1. The van der Waals surface area contributed by atoms with Gasteiger partial charge in [0.1, 0.15) is 11.3 Å². The maximum Gasteiger partial charge on any atom is 0.278 e. The largest absolute Gasteiger partial charge is 0.497 e. The number of aryl methyl sites for hydroxylation is 1. The molecule has 0 fully saturated rings. The number of aromatic nitrogens is 3. The third kappa shape index (κ3) is 4.16. The number of hydrogen-bond donors (Lipinski definition) is 2. The number of aromatic amines is 1. The minimum Gasteiger partial charge on any atom is -0.497 e. The van der Waals surface area contributed by atoms with E-state index in [0.29, 0.717) is 16.2 Å². The zero-order chi connectivity index (χ0) is 19.6. The summed E-state index contributed by atoms with van der Waals surface area (Å²) in [7, 11) is 3.27. The molecule has 3 rings (SSSR count). The number of rotatable bonds is 6. The fraction of sp³-hybridized carbons (Fsp3) is 0.316. The molecule has 1 amide bonds. The van der Waals surface area contributed by atoms with Gasteiger partial charge in [0.2, 0.25) is 5.91 Å². The molecule has 0 aliphatic heterocycles. The zero-order valence-corrected chi connectivity index (χ0v) is 16.5. The number of carbonyl (C=O) groups excluding carboxylic acids is 1. The maximum atomic E-state index is 12.4. The highest BCUT2D eigenvalue weighted by atomic mass is 32.2. The zero-order valence-electron chi connectivity index (χ0n) is 15.7. The van der Waals surface area contributed by atoms with Crippen molar-refractivity contribution in [2.45, 2.75) is 25.0 Å². The Morgan fingerprint density at radius 1 is 1.41 bits per heavy atom. The lowest BCUT2D eigenvalue weighted by molar-refractivity contribution is -0.119. The number of nitrogens with zero attached hydrogens (tertiary/aromatic N) is 2. The Bertz CT molecular complexity index is 1040. The molecular formula is C19H22N4O3S. The highest BCUT2D eigenvalue weighted by molar-refractivity contribution is 7.99. The van der Waals surface area contributed by atoms with E-state index in [4.69, 9.17) is 4.74 Å². The molecule has 0 aliphatic rings. The predicted octanol–water partition coefficient (Wildman–Crippen LogP) is 2.55. The fourth-order valence-electron chi connectivity index (χ4n) is 2.79. The van der Waals surface area contributed by atoms with Crippen LogP contribution in [-0.4, -0.2) is 33.3 Å². The van der Waals surface area contributed by atoms with Gasteiger partial charge in [-0.15, -0.1) is 0 Å². The molecule has 1 aromatic carbocycles. The van der Waals surface area contributed by atoms with Gasteiger partial charge in [-0.1, -0.05) is 23.9 Å². The first-order valence-corrected chi connectivity index (χ1v) is 9.50. The summed E-state index contributed by atoms with van der Waals surface area (Å²) in [6, 6.07) is 9.25. The van der Waals surface area contributed by atoms with Gasteiger partial charge in [0.25, 0.3) is 5.56 Å². The van der Waals surface area contributed by atoms with E-state index in [0.717, 1.165) is 17.0 Å². The number of nitrogens with one attached hydrogen (secondary N) is 2. The topological polar surface area (TPSA) is 89.0 Å². The Morgan fingerprint density at radius 2 is 2.19 bits per heavy atom. The average Bonchev–Trinajstić information content (AvgIpc) is 3.04. The SMILES string of the molecule is COc1cccc([C@H](C)NC(=O)CSc2nc3cc(C)[nH]c3c(=O)n2C)c1. The van der Waals surface area contributed by atoms with Gasteiger partial charge >= 0.3 is 0 Å². The van der Waals surface area contributed by atoms with Crippen molar-refractivity contribution in [3.63, 3.8) is 0 Å². The summed E-state index contributed by atoms with van der Waals surface area (Å²) in [4.78, 5) is 32.2. The quantitative estimate of drug-likeness (QED) is 0.502. The third-order valence-electron chi connectivity index (χ3n) is 4.26. The first-order valence-electron chi connectivity index (χ1n) is 8.51. The summed E-state index contributed by atoms with van der Waals surface area (Å²) in [6.07, 6.45) is 0. The normalized spacial score (nSPS) is 12.1. The van der Waals surface area contributed by atoms with E-state index in [1.165, 1.54) is 16.3 Å². The molecule has 7 nitrogen and oxygen atoms in total. The molecule has 0 unspecified atom stereocenters. The Morgan fingerprint density at radius 3 is 2.93 bits per heavy atom. The molecule has 27 heavy (non-hydrogen) atoms. The van der Waals surface area contributed by atoms with Crippen LogP contribution in [0.15, 0.2) is 40.3 Å². The molecular weight excluding hydrogens is 364 g/mol. The van der Waals surface area contributed by atoms with Crippen LogP contribution in [0.3, 0.4) is 0 Å². The van der Waals surface area contributed by atoms with Crippen molar-refractivity contribution < 1.29 is 9.53 Å². The second kappa shape index (κ2) is 7.87. The van der Waals surface area contributed by atoms with Crippen LogP contribution >= 0.6 is 11.8 Å². The molecule has 142 valence electrons. The van der Waals surface area contributed by atoms with E-state index in [1.54, 1.807) is 14.2 Å². The smallest absolute Gasteiger partial charge is 0.278 e. The van der Waals surface area contributed by atoms with Crippen LogP contribution in [0, 0.1) is 6.92 Å². The lowest BCUT2D eigenvalue weighted by Gasteiger charge is -2.15. The molecule has 1 atom stereocenters. The maximum absolute atomic E-state index is 12.4. The van der Waals surface area contributed by atoms with Crippen molar-refractivity contribution in [1.82, 2.24) is 19.9 Å². The molecule has 8 heteroatoms. The van der Waals surface area contributed by atoms with Gasteiger partial charge in [-0.3, -0.25) is 14.2 Å². The van der Waals surface area contributed by atoms with Crippen molar-refractivity contribution in [2.24, 2.45) is 7.05 Å². The number of fused-ring (bicyclic) bond motifs is 1. The van der Waals surface area contributed by atoms with Crippen molar-refractivity contribution in [3.8, 4) is 5.75 Å². The highest BCUT2D eigenvalue weighted by Gasteiger charge is 2.14. The van der Waals surface area contributed by atoms with E-state index >= 15 is 0 Å². The summed E-state index contributed by atoms with van der Waals surface area (Å²) in [5.74, 6) is 0.788. The van der Waals surface area contributed by atoms with Crippen molar-refractivity contribution in [3.05, 3.63) is 51.9 Å². The van der Waals surface area contributed by atoms with Crippen molar-refractivity contribution in [2.75, 3.05) is 12.9 Å². The summed E-state index contributed by atoms with van der Waals surface area (Å²) < 4.78 is 6.68. The number of methoxy groups -OCH3 is 1. The molecule has 2 N–H and O–H groups in total. The lowest BCUT2D eigenvalue weighted by Crippen LogP contribution is -2.28. The Labute approximate surface area is 161 Å². The van der Waals surface area contributed by atoms with Crippen LogP contribution < -0.4 is 15.6 Å². The number of carbonyl (C=O) groups is 1. The first-order chi connectivity index (χ1) is 12.9. The molecule has 0 saturated heterocycles. The third-order valence-corrected chi connectivity index (χ3v) is 5.29. The second-order valence-electron chi connectivity index (χ2n) is 6.33. The van der Waals surface area contributed by atoms with Gasteiger partial charge in [0.05, 0.1) is 24.4 Å². The molecule has 2 aromatic heterocycles. The molecule has 0 bridgehead atoms. The van der Waals surface area contributed by atoms with Crippen LogP contribution in [0.1, 0.15) is 24.2 Å². The molecule has 0 aliphatic carbocycles. The molecule has 0 radical (unpaired) electrons. The van der Waals surface area contributed by atoms with E-state index < -0.39 is 0 Å². The first kappa shape index (κ1) is 19.0. The van der Waals surface area contributed by atoms with Gasteiger partial charge in [0.15, 0.2) is 5.16 Å². The number of hydrogen-bond acceptors (Lipinski definition) is 5. The van der Waals surface area contributed by atoms with Crippen LogP contribution in [0.5, 0.6) is 5.75 Å². The van der Waals surface area contributed by atoms with Crippen molar-refractivity contribution >= 4 is 28.7 Å². The second-order valence-corrected chi connectivity index (χ2v) is 7.27. The van der Waals surface area contributed by atoms with Crippen LogP contribution in [0.25, 0.3) is 11.0 Å². The molecule has 3 aromatic rings. The fourth-order valence-corrected chi connectivity index (χ4v) is 3.58. The van der Waals surface area contributed by atoms with E-state index in [2.05, 4.69) is 15.3 Å². The summed E-state index contributed by atoms with van der Waals surface area (Å²) >= 11 is 1.24. The highest BCUT2D eigenvalue weighted by Crippen LogP contribution is 2.20. The number of ether oxygens (including phenoxy) is 1. The van der Waals surface area contributed by atoms with Crippen LogP contribution in [0.4, 0.5) is 0 Å². The van der Waals surface area contributed by atoms with Gasteiger partial charge in [-0.25, -0.2) is 4.98 Å². The lowest BCUT2D eigenvalue weighted by atomic mass is 10.1. The number of H-pyrrole nitrogens is 1. The Balaban J connectivity index is 1.67. The average molecular weight is 386 g/mol. The van der Waals surface area contributed by atoms with Crippen molar-refractivity contribution in [1.29, 1.82) is 0 Å². The van der Waals surface area contributed by atoms with Crippen LogP contribution in [0.2, 0.25) is 0 Å². The Kier molecular flexibility index (Phi) is 5.55. The summed E-state index contributed by atoms with van der Waals surface area (Å²) in [6.45, 7) is 3.79. The van der Waals surface area contributed by atoms with E-state index in [9.17, 15) is 9.59 Å².